The maximum Gasteiger partial charge on any atom is 0.248 e. The van der Waals surface area contributed by atoms with Crippen molar-refractivity contribution in [2.24, 2.45) is 0 Å². The van der Waals surface area contributed by atoms with Crippen molar-refractivity contribution in [1.29, 1.82) is 0 Å². The second-order valence-electron chi connectivity index (χ2n) is 7.24. The third kappa shape index (κ3) is 5.73. The summed E-state index contributed by atoms with van der Waals surface area (Å²) in [6.07, 6.45) is 2.90. The zero-order valence-corrected chi connectivity index (χ0v) is 19.1. The SMILES string of the molecule is CCN(CC)S(=O)(=O)c1ccc(N2CCOCC2)c(NC(=O)/C=C/c2ccc(F)cc2)c1. The van der Waals surface area contributed by atoms with Crippen LogP contribution in [0.5, 0.6) is 0 Å². The second-order valence-corrected chi connectivity index (χ2v) is 9.18. The van der Waals surface area contributed by atoms with Gasteiger partial charge in [-0.25, -0.2) is 12.8 Å². The van der Waals surface area contributed by atoms with Crippen LogP contribution < -0.4 is 10.2 Å². The molecule has 2 aromatic rings. The first-order chi connectivity index (χ1) is 15.3. The Balaban J connectivity index is 1.91. The lowest BCUT2D eigenvalue weighted by Gasteiger charge is -2.31. The number of morpholine rings is 1. The minimum Gasteiger partial charge on any atom is -0.378 e. The molecule has 1 N–H and O–H groups in total. The molecular weight excluding hydrogens is 433 g/mol. The van der Waals surface area contributed by atoms with Crippen LogP contribution in [-0.4, -0.2) is 58.0 Å². The summed E-state index contributed by atoms with van der Waals surface area (Å²) in [4.78, 5) is 14.8. The van der Waals surface area contributed by atoms with Gasteiger partial charge < -0.3 is 15.0 Å². The summed E-state index contributed by atoms with van der Waals surface area (Å²) >= 11 is 0. The molecule has 0 bridgehead atoms. The van der Waals surface area contributed by atoms with Gasteiger partial charge in [0, 0.05) is 32.3 Å². The highest BCUT2D eigenvalue weighted by Crippen LogP contribution is 2.31. The monoisotopic (exact) mass is 461 g/mol. The molecule has 0 radical (unpaired) electrons. The highest BCUT2D eigenvalue weighted by atomic mass is 32.2. The third-order valence-electron chi connectivity index (χ3n) is 5.22. The standard InChI is InChI=1S/C23H28FN3O4S/c1-3-27(4-2)32(29,30)20-10-11-22(26-13-15-31-16-14-26)21(17-20)25-23(28)12-7-18-5-8-19(24)9-6-18/h5-12,17H,3-4,13-16H2,1-2H3,(H,25,28)/b12-7+. The molecule has 9 heteroatoms. The van der Waals surface area contributed by atoms with Crippen LogP contribution in [0.2, 0.25) is 0 Å². The summed E-state index contributed by atoms with van der Waals surface area (Å²) in [5.74, 6) is -0.769. The summed E-state index contributed by atoms with van der Waals surface area (Å²) in [5.41, 5.74) is 1.82. The number of benzene rings is 2. The Morgan fingerprint density at radius 1 is 1.12 bits per heavy atom. The normalized spacial score (nSPS) is 14.8. The fraction of sp³-hybridized carbons (Fsp3) is 0.348. The Hall–Kier alpha value is -2.75. The van der Waals surface area contributed by atoms with Crippen LogP contribution in [0.15, 0.2) is 53.4 Å². The van der Waals surface area contributed by atoms with E-state index in [1.807, 2.05) is 0 Å². The van der Waals surface area contributed by atoms with Gasteiger partial charge in [-0.3, -0.25) is 4.79 Å². The lowest BCUT2D eigenvalue weighted by atomic mass is 10.2. The Kier molecular flexibility index (Phi) is 8.00. The molecule has 0 aliphatic carbocycles. The topological polar surface area (TPSA) is 79.0 Å². The minimum atomic E-state index is -3.68. The maximum absolute atomic E-state index is 13.1. The predicted octanol–water partition coefficient (Wildman–Crippen LogP) is 3.34. The van der Waals surface area contributed by atoms with Crippen molar-refractivity contribution in [1.82, 2.24) is 4.31 Å². The summed E-state index contributed by atoms with van der Waals surface area (Å²) in [6, 6.07) is 10.6. The van der Waals surface area contributed by atoms with Crippen molar-refractivity contribution in [2.75, 3.05) is 49.6 Å². The van der Waals surface area contributed by atoms with Gasteiger partial charge in [-0.05, 0) is 42.0 Å². The Labute approximate surface area is 188 Å². The summed E-state index contributed by atoms with van der Waals surface area (Å²) in [7, 11) is -3.68. The molecule has 1 aliphatic rings. The average molecular weight is 462 g/mol. The molecule has 1 amide bonds. The third-order valence-corrected chi connectivity index (χ3v) is 7.26. The van der Waals surface area contributed by atoms with Crippen molar-refractivity contribution < 1.29 is 22.3 Å². The molecule has 0 saturated carbocycles. The number of amides is 1. The highest BCUT2D eigenvalue weighted by Gasteiger charge is 2.24. The number of carbonyl (C=O) groups excluding carboxylic acids is 1. The molecule has 1 aliphatic heterocycles. The Morgan fingerprint density at radius 2 is 1.78 bits per heavy atom. The van der Waals surface area contributed by atoms with Crippen LogP contribution in [0.3, 0.4) is 0 Å². The van der Waals surface area contributed by atoms with Crippen LogP contribution in [-0.2, 0) is 19.6 Å². The Bertz CT molecular complexity index is 1060. The number of sulfonamides is 1. The van der Waals surface area contributed by atoms with Crippen molar-refractivity contribution in [3.63, 3.8) is 0 Å². The van der Waals surface area contributed by atoms with E-state index in [0.717, 1.165) is 5.69 Å². The lowest BCUT2D eigenvalue weighted by molar-refractivity contribution is -0.111. The quantitative estimate of drug-likeness (QED) is 0.610. The summed E-state index contributed by atoms with van der Waals surface area (Å²) in [5, 5.41) is 2.81. The predicted molar refractivity (Wildman–Crippen MR) is 124 cm³/mol. The number of rotatable bonds is 8. The zero-order chi connectivity index (χ0) is 23.1. The molecule has 1 saturated heterocycles. The van der Waals surface area contributed by atoms with Gasteiger partial charge in [-0.1, -0.05) is 26.0 Å². The molecule has 3 rings (SSSR count). The first kappa shape index (κ1) is 23.9. The van der Waals surface area contributed by atoms with E-state index in [4.69, 9.17) is 4.74 Å². The van der Waals surface area contributed by atoms with E-state index in [-0.39, 0.29) is 10.7 Å². The van der Waals surface area contributed by atoms with Crippen LogP contribution in [0.25, 0.3) is 6.08 Å². The fourth-order valence-corrected chi connectivity index (χ4v) is 4.97. The largest absolute Gasteiger partial charge is 0.378 e. The highest BCUT2D eigenvalue weighted by molar-refractivity contribution is 7.89. The van der Waals surface area contributed by atoms with Crippen LogP contribution >= 0.6 is 0 Å². The number of halogens is 1. The molecule has 172 valence electrons. The number of nitrogens with one attached hydrogen (secondary N) is 1. The van der Waals surface area contributed by atoms with Gasteiger partial charge in [0.25, 0.3) is 0 Å². The van der Waals surface area contributed by atoms with Crippen molar-refractivity contribution >= 4 is 33.4 Å². The van der Waals surface area contributed by atoms with E-state index < -0.39 is 15.9 Å². The van der Waals surface area contributed by atoms with Crippen LogP contribution in [0, 0.1) is 5.82 Å². The first-order valence-corrected chi connectivity index (χ1v) is 12.0. The van der Waals surface area contributed by atoms with Gasteiger partial charge in [0.1, 0.15) is 5.82 Å². The van der Waals surface area contributed by atoms with Gasteiger partial charge >= 0.3 is 0 Å². The van der Waals surface area contributed by atoms with Crippen LogP contribution in [0.1, 0.15) is 19.4 Å². The summed E-state index contributed by atoms with van der Waals surface area (Å²) in [6.45, 7) is 6.65. The number of hydrogen-bond donors (Lipinski definition) is 1. The summed E-state index contributed by atoms with van der Waals surface area (Å²) < 4.78 is 45.8. The van der Waals surface area contributed by atoms with Gasteiger partial charge in [0.2, 0.25) is 15.9 Å². The Morgan fingerprint density at radius 3 is 2.41 bits per heavy atom. The smallest absolute Gasteiger partial charge is 0.248 e. The molecule has 1 heterocycles. The van der Waals surface area contributed by atoms with E-state index in [2.05, 4.69) is 10.2 Å². The lowest BCUT2D eigenvalue weighted by Crippen LogP contribution is -2.37. The molecule has 7 nitrogen and oxygen atoms in total. The van der Waals surface area contributed by atoms with E-state index in [1.54, 1.807) is 44.2 Å². The molecule has 0 unspecified atom stereocenters. The van der Waals surface area contributed by atoms with E-state index in [1.165, 1.54) is 28.6 Å². The van der Waals surface area contributed by atoms with E-state index in [9.17, 15) is 17.6 Å². The second kappa shape index (κ2) is 10.7. The molecule has 0 atom stereocenters. The van der Waals surface area contributed by atoms with Gasteiger partial charge in [0.15, 0.2) is 0 Å². The molecule has 0 aromatic heterocycles. The van der Waals surface area contributed by atoms with Crippen LogP contribution in [0.4, 0.5) is 15.8 Å². The maximum atomic E-state index is 13.1. The van der Waals surface area contributed by atoms with E-state index in [0.29, 0.717) is 50.6 Å². The van der Waals surface area contributed by atoms with Crippen molar-refractivity contribution in [3.8, 4) is 0 Å². The number of hydrogen-bond acceptors (Lipinski definition) is 5. The average Bonchev–Trinajstić information content (AvgIpc) is 2.80. The molecule has 1 fully saturated rings. The van der Waals surface area contributed by atoms with Gasteiger partial charge in [-0.15, -0.1) is 0 Å². The fourth-order valence-electron chi connectivity index (χ4n) is 3.49. The van der Waals surface area contributed by atoms with E-state index >= 15 is 0 Å². The number of ether oxygens (including phenoxy) is 1. The number of anilines is 2. The van der Waals surface area contributed by atoms with Gasteiger partial charge in [0.05, 0.1) is 29.5 Å². The number of nitrogens with zero attached hydrogens (tertiary/aromatic N) is 2. The molecule has 2 aromatic carbocycles. The number of carbonyl (C=O) groups is 1. The zero-order valence-electron chi connectivity index (χ0n) is 18.3. The molecule has 0 spiro atoms. The molecular formula is C23H28FN3O4S. The first-order valence-electron chi connectivity index (χ1n) is 10.6. The minimum absolute atomic E-state index is 0.121. The van der Waals surface area contributed by atoms with Crippen molar-refractivity contribution in [2.45, 2.75) is 18.7 Å². The van der Waals surface area contributed by atoms with Crippen molar-refractivity contribution in [3.05, 3.63) is 59.9 Å². The van der Waals surface area contributed by atoms with Gasteiger partial charge in [-0.2, -0.15) is 4.31 Å². The molecule has 32 heavy (non-hydrogen) atoms.